The molecule has 2 aromatic heterocycles. The predicted molar refractivity (Wildman–Crippen MR) is 198 cm³/mol. The molecule has 56 heavy (non-hydrogen) atoms. The van der Waals surface area contributed by atoms with Gasteiger partial charge < -0.3 is 19.9 Å². The van der Waals surface area contributed by atoms with Gasteiger partial charge >= 0.3 is 34.6 Å². The summed E-state index contributed by atoms with van der Waals surface area (Å²) in [6, 6.07) is 14.1. The van der Waals surface area contributed by atoms with E-state index in [9.17, 15) is 45.5 Å². The van der Waals surface area contributed by atoms with Crippen LogP contribution in [0.15, 0.2) is 79.8 Å². The minimum Gasteiger partial charge on any atom is -0.316 e. The minimum absolute atomic E-state index is 0.539. The smallest absolute Gasteiger partial charge is 0.316 e. The molecule has 10 nitrogen and oxygen atoms in total. The van der Waals surface area contributed by atoms with Gasteiger partial charge in [-0.3, -0.25) is 29.0 Å². The maximum Gasteiger partial charge on any atom is 0.416 e. The number of aromatic amines is 4. The summed E-state index contributed by atoms with van der Waals surface area (Å²) in [6.45, 7) is 7.63. The SMILES string of the molecule is Cc1cc2[nH]c(=O)c(=O)[nH]c2c2c1CN(Cc1ccc(C(F)(F)F)cc1)CC2.Cc1cc2[nH]c(=O)c(=O)[nH]c2c2c1CN(Cc1ccc(C(F)(F)F)cc1)CC2. The molecule has 292 valence electrons. The van der Waals surface area contributed by atoms with Crippen molar-refractivity contribution in [3.05, 3.63) is 158 Å². The zero-order valence-electron chi connectivity index (χ0n) is 30.2. The van der Waals surface area contributed by atoms with E-state index in [-0.39, 0.29) is 0 Å². The van der Waals surface area contributed by atoms with Crippen molar-refractivity contribution in [3.63, 3.8) is 0 Å². The minimum atomic E-state index is -4.33. The third-order valence-corrected chi connectivity index (χ3v) is 10.4. The number of nitrogens with one attached hydrogen (secondary N) is 4. The van der Waals surface area contributed by atoms with Crippen molar-refractivity contribution in [2.45, 2.75) is 65.2 Å². The van der Waals surface area contributed by atoms with Crippen LogP contribution in [0.4, 0.5) is 26.3 Å². The summed E-state index contributed by atoms with van der Waals surface area (Å²) in [5.74, 6) is 0. The van der Waals surface area contributed by atoms with Crippen LogP contribution in [0.1, 0.15) is 55.6 Å². The number of hydrogen-bond acceptors (Lipinski definition) is 6. The third kappa shape index (κ3) is 7.97. The molecule has 0 atom stereocenters. The molecule has 2 aliphatic heterocycles. The number of aromatic nitrogens is 4. The predicted octanol–water partition coefficient (Wildman–Crippen LogP) is 6.20. The van der Waals surface area contributed by atoms with Crippen molar-refractivity contribution in [3.8, 4) is 0 Å². The molecular weight excluding hydrogens is 742 g/mol. The monoisotopic (exact) mass is 778 g/mol. The Morgan fingerprint density at radius 1 is 0.518 bits per heavy atom. The summed E-state index contributed by atoms with van der Waals surface area (Å²) in [6.07, 6.45) is -7.32. The highest BCUT2D eigenvalue weighted by atomic mass is 19.4. The van der Waals surface area contributed by atoms with E-state index in [0.717, 1.165) is 68.8 Å². The first kappa shape index (κ1) is 38.5. The molecule has 0 saturated heterocycles. The summed E-state index contributed by atoms with van der Waals surface area (Å²) in [5, 5.41) is 0. The summed E-state index contributed by atoms with van der Waals surface area (Å²) >= 11 is 0. The van der Waals surface area contributed by atoms with Crippen LogP contribution in [0.2, 0.25) is 0 Å². The quantitative estimate of drug-likeness (QED) is 0.124. The van der Waals surface area contributed by atoms with E-state index in [1.54, 1.807) is 0 Å². The van der Waals surface area contributed by atoms with Crippen LogP contribution in [-0.2, 0) is 51.4 Å². The molecule has 0 aliphatic carbocycles. The number of fused-ring (bicyclic) bond motifs is 6. The molecule has 8 rings (SSSR count). The maximum atomic E-state index is 12.7. The van der Waals surface area contributed by atoms with E-state index in [4.69, 9.17) is 0 Å². The van der Waals surface area contributed by atoms with E-state index < -0.39 is 45.7 Å². The lowest BCUT2D eigenvalue weighted by molar-refractivity contribution is -0.138. The Bertz CT molecular complexity index is 2510. The van der Waals surface area contributed by atoms with Gasteiger partial charge in [0, 0.05) is 39.3 Å². The second-order valence-electron chi connectivity index (χ2n) is 14.3. The second-order valence-corrected chi connectivity index (χ2v) is 14.3. The van der Waals surface area contributed by atoms with Crippen LogP contribution in [0.5, 0.6) is 0 Å². The number of benzene rings is 4. The van der Waals surface area contributed by atoms with Gasteiger partial charge in [-0.05, 0) is 108 Å². The van der Waals surface area contributed by atoms with E-state index in [2.05, 4.69) is 29.7 Å². The fourth-order valence-corrected chi connectivity index (χ4v) is 7.56. The highest BCUT2D eigenvalue weighted by Crippen LogP contribution is 2.33. The van der Waals surface area contributed by atoms with Crippen molar-refractivity contribution in [2.24, 2.45) is 0 Å². The molecule has 6 aromatic rings. The highest BCUT2D eigenvalue weighted by molar-refractivity contribution is 5.81. The average molecular weight is 779 g/mol. The van der Waals surface area contributed by atoms with Crippen LogP contribution < -0.4 is 22.2 Å². The number of hydrogen-bond donors (Lipinski definition) is 4. The molecule has 4 aromatic carbocycles. The van der Waals surface area contributed by atoms with Gasteiger partial charge in [-0.2, -0.15) is 26.3 Å². The maximum absolute atomic E-state index is 12.7. The number of nitrogens with zero attached hydrogens (tertiary/aromatic N) is 2. The Labute approximate surface area is 313 Å². The van der Waals surface area contributed by atoms with E-state index in [1.807, 2.05) is 26.0 Å². The molecule has 4 heterocycles. The van der Waals surface area contributed by atoms with Gasteiger partial charge in [0.15, 0.2) is 0 Å². The zero-order chi connectivity index (χ0) is 40.1. The van der Waals surface area contributed by atoms with Crippen molar-refractivity contribution < 1.29 is 26.3 Å². The summed E-state index contributed by atoms with van der Waals surface area (Å²) in [4.78, 5) is 61.5. The molecule has 0 fully saturated rings. The number of rotatable bonds is 4. The molecule has 0 spiro atoms. The Balaban J connectivity index is 0.000000172. The molecule has 0 amide bonds. The van der Waals surface area contributed by atoms with Crippen LogP contribution >= 0.6 is 0 Å². The summed E-state index contributed by atoms with van der Waals surface area (Å²) in [7, 11) is 0. The van der Waals surface area contributed by atoms with Gasteiger partial charge in [0.25, 0.3) is 0 Å². The van der Waals surface area contributed by atoms with Crippen molar-refractivity contribution in [1.29, 1.82) is 0 Å². The lowest BCUT2D eigenvalue weighted by Crippen LogP contribution is -2.33. The zero-order valence-corrected chi connectivity index (χ0v) is 30.2. The number of halogens is 6. The summed E-state index contributed by atoms with van der Waals surface area (Å²) < 4.78 is 76.3. The third-order valence-electron chi connectivity index (χ3n) is 10.4. The molecule has 0 radical (unpaired) electrons. The Morgan fingerprint density at radius 3 is 1.20 bits per heavy atom. The van der Waals surface area contributed by atoms with Crippen LogP contribution in [-0.4, -0.2) is 42.8 Å². The first-order valence-electron chi connectivity index (χ1n) is 17.8. The largest absolute Gasteiger partial charge is 0.416 e. The average Bonchev–Trinajstić information content (AvgIpc) is 3.14. The molecule has 4 N–H and O–H groups in total. The lowest BCUT2D eigenvalue weighted by atomic mass is 9.93. The standard InChI is InChI=1S/2C20H18F3N3O2/c2*1-11-8-16-17(25-19(28)18(27)24-16)14-6-7-26(10-15(11)14)9-12-2-4-13(5-3-12)20(21,22)23/h2*2-5,8H,6-7,9-10H2,1H3,(H,24,27)(H,25,28). The van der Waals surface area contributed by atoms with E-state index >= 15 is 0 Å². The van der Waals surface area contributed by atoms with Gasteiger partial charge in [-0.25, -0.2) is 0 Å². The van der Waals surface area contributed by atoms with E-state index in [1.165, 1.54) is 24.3 Å². The molecule has 16 heteroatoms. The highest BCUT2D eigenvalue weighted by Gasteiger charge is 2.31. The number of H-pyrrole nitrogens is 4. The molecule has 2 aliphatic rings. The topological polar surface area (TPSA) is 138 Å². The van der Waals surface area contributed by atoms with E-state index in [0.29, 0.717) is 74.2 Å². The van der Waals surface area contributed by atoms with Crippen LogP contribution in [0.25, 0.3) is 22.1 Å². The van der Waals surface area contributed by atoms with Crippen LogP contribution in [0, 0.1) is 13.8 Å². The number of aryl methyl sites for hydroxylation is 2. The molecule has 0 bridgehead atoms. The first-order valence-corrected chi connectivity index (χ1v) is 17.8. The fraction of sp³-hybridized carbons (Fsp3) is 0.300. The Kier molecular flexibility index (Phi) is 10.1. The molecule has 0 saturated carbocycles. The molecular formula is C40H36F6N6O4. The normalized spacial score (nSPS) is 15.0. The lowest BCUT2D eigenvalue weighted by Gasteiger charge is -2.30. The Morgan fingerprint density at radius 2 is 0.857 bits per heavy atom. The van der Waals surface area contributed by atoms with Gasteiger partial charge in [-0.15, -0.1) is 0 Å². The van der Waals surface area contributed by atoms with Crippen molar-refractivity contribution in [2.75, 3.05) is 13.1 Å². The van der Waals surface area contributed by atoms with Gasteiger partial charge in [0.05, 0.1) is 33.2 Å². The fourth-order valence-electron chi connectivity index (χ4n) is 7.56. The molecule has 0 unspecified atom stereocenters. The van der Waals surface area contributed by atoms with Gasteiger partial charge in [0.1, 0.15) is 0 Å². The van der Waals surface area contributed by atoms with Crippen molar-refractivity contribution >= 4 is 22.1 Å². The first-order chi connectivity index (χ1) is 26.4. The second kappa shape index (κ2) is 14.7. The Hall–Kier alpha value is -5.74. The van der Waals surface area contributed by atoms with Gasteiger partial charge in [-0.1, -0.05) is 24.3 Å². The van der Waals surface area contributed by atoms with Gasteiger partial charge in [0.2, 0.25) is 0 Å². The number of alkyl halides is 6. The van der Waals surface area contributed by atoms with Crippen molar-refractivity contribution in [1.82, 2.24) is 29.7 Å². The van der Waals surface area contributed by atoms with Crippen LogP contribution in [0.3, 0.4) is 0 Å². The summed E-state index contributed by atoms with van der Waals surface area (Å²) in [5.41, 5.74) is 6.31.